The molecule has 1 unspecified atom stereocenters. The van der Waals surface area contributed by atoms with Gasteiger partial charge in [0.25, 0.3) is 0 Å². The summed E-state index contributed by atoms with van der Waals surface area (Å²) in [5.74, 6) is 0.711. The minimum absolute atomic E-state index is 0.449. The van der Waals surface area contributed by atoms with E-state index in [1.165, 1.54) is 11.1 Å². The molecule has 0 heterocycles. The second-order valence-electron chi connectivity index (χ2n) is 4.89. The first kappa shape index (κ1) is 14.4. The maximum atomic E-state index is 10.3. The van der Waals surface area contributed by atoms with E-state index in [0.29, 0.717) is 12.3 Å². The lowest BCUT2D eigenvalue weighted by molar-refractivity contribution is 0.187. The Kier molecular flexibility index (Phi) is 4.64. The van der Waals surface area contributed by atoms with Gasteiger partial charge < -0.3 is 15.2 Å². The summed E-state index contributed by atoms with van der Waals surface area (Å²) in [5.41, 5.74) is 4.30. The Labute approximate surface area is 120 Å². The van der Waals surface area contributed by atoms with Gasteiger partial charge in [0.2, 0.25) is 0 Å². The maximum absolute atomic E-state index is 10.3. The van der Waals surface area contributed by atoms with Crippen LogP contribution in [0.3, 0.4) is 0 Å². The highest BCUT2D eigenvalue weighted by atomic mass is 16.5. The average molecular weight is 271 g/mol. The third-order valence-corrected chi connectivity index (χ3v) is 3.59. The number of aliphatic hydroxyl groups excluding tert-OH is 1. The average Bonchev–Trinajstić information content (AvgIpc) is 2.48. The van der Waals surface area contributed by atoms with Crippen LogP contribution in [0.25, 0.3) is 0 Å². The van der Waals surface area contributed by atoms with Crippen molar-refractivity contribution in [2.24, 2.45) is 0 Å². The molecule has 0 aliphatic carbocycles. The molecule has 0 fully saturated rings. The summed E-state index contributed by atoms with van der Waals surface area (Å²) in [5, 5.41) is 13.6. The van der Waals surface area contributed by atoms with Gasteiger partial charge in [-0.2, -0.15) is 0 Å². The van der Waals surface area contributed by atoms with E-state index in [0.717, 1.165) is 11.3 Å². The van der Waals surface area contributed by atoms with Gasteiger partial charge in [-0.05, 0) is 37.1 Å². The fourth-order valence-corrected chi connectivity index (χ4v) is 2.20. The summed E-state index contributed by atoms with van der Waals surface area (Å²) in [7, 11) is 1.61. The van der Waals surface area contributed by atoms with Crippen molar-refractivity contribution in [1.29, 1.82) is 0 Å². The third kappa shape index (κ3) is 3.11. The van der Waals surface area contributed by atoms with Crippen LogP contribution in [-0.2, 0) is 0 Å². The first-order valence-corrected chi connectivity index (χ1v) is 6.74. The topological polar surface area (TPSA) is 41.5 Å². The van der Waals surface area contributed by atoms with Crippen LogP contribution in [0.1, 0.15) is 22.8 Å². The summed E-state index contributed by atoms with van der Waals surface area (Å²) >= 11 is 0. The number of para-hydroxylation sites is 1. The zero-order chi connectivity index (χ0) is 14.5. The quantitative estimate of drug-likeness (QED) is 0.875. The van der Waals surface area contributed by atoms with Gasteiger partial charge in [0, 0.05) is 17.8 Å². The van der Waals surface area contributed by atoms with Crippen LogP contribution in [0.15, 0.2) is 42.5 Å². The fraction of sp³-hybridized carbons (Fsp3) is 0.294. The van der Waals surface area contributed by atoms with Crippen molar-refractivity contribution in [1.82, 2.24) is 0 Å². The number of hydrogen-bond acceptors (Lipinski definition) is 3. The predicted octanol–water partition coefficient (Wildman–Crippen LogP) is 3.46. The fourth-order valence-electron chi connectivity index (χ4n) is 2.20. The molecule has 0 aromatic heterocycles. The second kappa shape index (κ2) is 6.44. The van der Waals surface area contributed by atoms with Crippen LogP contribution in [0.2, 0.25) is 0 Å². The van der Waals surface area contributed by atoms with Gasteiger partial charge in [-0.1, -0.05) is 30.3 Å². The van der Waals surface area contributed by atoms with Crippen LogP contribution in [0, 0.1) is 13.8 Å². The first-order valence-electron chi connectivity index (χ1n) is 6.74. The summed E-state index contributed by atoms with van der Waals surface area (Å²) in [6.07, 6.45) is -0.605. The van der Waals surface area contributed by atoms with Gasteiger partial charge in [-0.25, -0.2) is 0 Å². The molecular weight excluding hydrogens is 250 g/mol. The number of benzene rings is 2. The Morgan fingerprint density at radius 1 is 1.10 bits per heavy atom. The van der Waals surface area contributed by atoms with Crippen LogP contribution in [0.5, 0.6) is 5.75 Å². The van der Waals surface area contributed by atoms with Crippen LogP contribution in [0.4, 0.5) is 5.69 Å². The minimum Gasteiger partial charge on any atom is -0.496 e. The molecular formula is C17H21NO2. The molecule has 0 aliphatic rings. The minimum atomic E-state index is -0.605. The van der Waals surface area contributed by atoms with E-state index in [1.54, 1.807) is 7.11 Å². The molecule has 0 bridgehead atoms. The van der Waals surface area contributed by atoms with Gasteiger partial charge in [0.1, 0.15) is 5.75 Å². The normalized spacial score (nSPS) is 12.0. The number of methoxy groups -OCH3 is 1. The van der Waals surface area contributed by atoms with Crippen molar-refractivity contribution in [2.45, 2.75) is 20.0 Å². The summed E-state index contributed by atoms with van der Waals surface area (Å²) < 4.78 is 5.27. The van der Waals surface area contributed by atoms with Crippen molar-refractivity contribution in [3.8, 4) is 5.75 Å². The molecule has 0 aliphatic heterocycles. The second-order valence-corrected chi connectivity index (χ2v) is 4.89. The van der Waals surface area contributed by atoms with E-state index in [4.69, 9.17) is 4.74 Å². The van der Waals surface area contributed by atoms with Gasteiger partial charge in [0.15, 0.2) is 0 Å². The zero-order valence-corrected chi connectivity index (χ0v) is 12.2. The number of anilines is 1. The van der Waals surface area contributed by atoms with E-state index < -0.39 is 6.10 Å². The Balaban J connectivity index is 2.09. The lowest BCUT2D eigenvalue weighted by atomic mass is 10.1. The van der Waals surface area contributed by atoms with Gasteiger partial charge >= 0.3 is 0 Å². The molecule has 2 N–H and O–H groups in total. The number of ether oxygens (including phenoxy) is 1. The molecule has 3 nitrogen and oxygen atoms in total. The van der Waals surface area contributed by atoms with Gasteiger partial charge in [-0.3, -0.25) is 0 Å². The molecule has 106 valence electrons. The molecule has 20 heavy (non-hydrogen) atoms. The highest BCUT2D eigenvalue weighted by Gasteiger charge is 2.12. The van der Waals surface area contributed by atoms with Crippen LogP contribution >= 0.6 is 0 Å². The number of rotatable bonds is 5. The monoisotopic (exact) mass is 271 g/mol. The van der Waals surface area contributed by atoms with E-state index in [2.05, 4.69) is 25.2 Å². The molecule has 3 heteroatoms. The Bertz CT molecular complexity index is 581. The standard InChI is InChI=1S/C17H21NO2/c1-12-7-6-9-15(13(12)2)18-11-16(19)14-8-4-5-10-17(14)20-3/h4-10,16,18-19H,11H2,1-3H3. The molecule has 2 aromatic rings. The summed E-state index contributed by atoms with van der Waals surface area (Å²) in [4.78, 5) is 0. The lowest BCUT2D eigenvalue weighted by Crippen LogP contribution is -2.13. The third-order valence-electron chi connectivity index (χ3n) is 3.59. The van der Waals surface area contributed by atoms with E-state index in [9.17, 15) is 5.11 Å². The van der Waals surface area contributed by atoms with Crippen molar-refractivity contribution in [2.75, 3.05) is 19.0 Å². The highest BCUT2D eigenvalue weighted by molar-refractivity contribution is 5.54. The molecule has 2 rings (SSSR count). The van der Waals surface area contributed by atoms with E-state index in [-0.39, 0.29) is 0 Å². The Morgan fingerprint density at radius 2 is 1.85 bits per heavy atom. The highest BCUT2D eigenvalue weighted by Crippen LogP contribution is 2.25. The lowest BCUT2D eigenvalue weighted by Gasteiger charge is -2.17. The van der Waals surface area contributed by atoms with Crippen molar-refractivity contribution in [3.05, 3.63) is 59.2 Å². The molecule has 0 amide bonds. The number of nitrogens with one attached hydrogen (secondary N) is 1. The first-order chi connectivity index (χ1) is 9.63. The number of aliphatic hydroxyl groups is 1. The zero-order valence-electron chi connectivity index (χ0n) is 12.2. The SMILES string of the molecule is COc1ccccc1C(O)CNc1cccc(C)c1C. The molecule has 0 radical (unpaired) electrons. The Morgan fingerprint density at radius 3 is 2.60 bits per heavy atom. The van der Waals surface area contributed by atoms with Gasteiger partial charge in [-0.15, -0.1) is 0 Å². The number of hydrogen-bond donors (Lipinski definition) is 2. The smallest absolute Gasteiger partial charge is 0.124 e. The molecule has 0 spiro atoms. The molecule has 0 saturated carbocycles. The maximum Gasteiger partial charge on any atom is 0.124 e. The largest absolute Gasteiger partial charge is 0.496 e. The molecule has 2 aromatic carbocycles. The summed E-state index contributed by atoms with van der Waals surface area (Å²) in [6, 6.07) is 13.7. The van der Waals surface area contributed by atoms with Crippen molar-refractivity contribution in [3.63, 3.8) is 0 Å². The predicted molar refractivity (Wildman–Crippen MR) is 82.4 cm³/mol. The van der Waals surface area contributed by atoms with E-state index in [1.807, 2.05) is 36.4 Å². The van der Waals surface area contributed by atoms with Crippen molar-refractivity contribution < 1.29 is 9.84 Å². The van der Waals surface area contributed by atoms with Crippen molar-refractivity contribution >= 4 is 5.69 Å². The van der Waals surface area contributed by atoms with Crippen LogP contribution in [-0.4, -0.2) is 18.8 Å². The van der Waals surface area contributed by atoms with Crippen LogP contribution < -0.4 is 10.1 Å². The molecule has 0 saturated heterocycles. The van der Waals surface area contributed by atoms with Gasteiger partial charge in [0.05, 0.1) is 13.2 Å². The van der Waals surface area contributed by atoms with E-state index >= 15 is 0 Å². The summed E-state index contributed by atoms with van der Waals surface area (Å²) in [6.45, 7) is 4.61. The number of aryl methyl sites for hydroxylation is 1. The molecule has 1 atom stereocenters. The Hall–Kier alpha value is -2.00.